The van der Waals surface area contributed by atoms with Crippen LogP contribution in [-0.2, 0) is 11.3 Å². The second kappa shape index (κ2) is 7.85. The molecule has 1 aromatic heterocycles. The van der Waals surface area contributed by atoms with Gasteiger partial charge in [0.05, 0.1) is 0 Å². The van der Waals surface area contributed by atoms with Crippen LogP contribution in [0, 0.1) is 6.92 Å². The Labute approximate surface area is 147 Å². The van der Waals surface area contributed by atoms with Crippen LogP contribution < -0.4 is 15.4 Å². The summed E-state index contributed by atoms with van der Waals surface area (Å²) in [5.74, 6) is -0.911. The van der Waals surface area contributed by atoms with Gasteiger partial charge in [-0.2, -0.15) is 0 Å². The van der Waals surface area contributed by atoms with E-state index in [9.17, 15) is 22.8 Å². The van der Waals surface area contributed by atoms with Gasteiger partial charge in [0.15, 0.2) is 0 Å². The molecule has 6 nitrogen and oxygen atoms in total. The van der Waals surface area contributed by atoms with E-state index in [1.54, 1.807) is 13.0 Å². The number of hydrogen-bond donors (Lipinski definition) is 2. The number of aryl methyl sites for hydroxylation is 1. The molecule has 0 saturated carbocycles. The van der Waals surface area contributed by atoms with E-state index < -0.39 is 12.3 Å². The third kappa shape index (κ3) is 6.08. The lowest BCUT2D eigenvalue weighted by Crippen LogP contribution is -2.23. The van der Waals surface area contributed by atoms with Gasteiger partial charge in [-0.3, -0.25) is 9.59 Å². The summed E-state index contributed by atoms with van der Waals surface area (Å²) in [7, 11) is 0. The van der Waals surface area contributed by atoms with Gasteiger partial charge in [-0.05, 0) is 42.3 Å². The Morgan fingerprint density at radius 1 is 1.19 bits per heavy atom. The minimum Gasteiger partial charge on any atom is -0.406 e. The fourth-order valence-electron chi connectivity index (χ4n) is 2.22. The van der Waals surface area contributed by atoms with E-state index >= 15 is 0 Å². The first-order valence-corrected chi connectivity index (χ1v) is 7.50. The van der Waals surface area contributed by atoms with Crippen LogP contribution in [0.2, 0.25) is 0 Å². The largest absolute Gasteiger partial charge is 0.573 e. The highest BCUT2D eigenvalue weighted by Gasteiger charge is 2.31. The Balaban J connectivity index is 2.06. The molecule has 0 bridgehead atoms. The average Bonchev–Trinajstić information content (AvgIpc) is 2.50. The molecule has 2 amide bonds. The number of carbonyl (C=O) groups excluding carboxylic acids is 2. The Morgan fingerprint density at radius 3 is 2.58 bits per heavy atom. The van der Waals surface area contributed by atoms with Gasteiger partial charge in [-0.25, -0.2) is 4.98 Å². The average molecular weight is 367 g/mol. The lowest BCUT2D eigenvalue weighted by Gasteiger charge is -2.12. The molecule has 1 heterocycles. The Kier molecular flexibility index (Phi) is 5.81. The molecule has 2 aromatic rings. The number of rotatable bonds is 5. The molecule has 0 saturated heterocycles. The Bertz CT molecular complexity index is 822. The van der Waals surface area contributed by atoms with E-state index in [1.807, 2.05) is 0 Å². The maximum absolute atomic E-state index is 12.3. The zero-order valence-electron chi connectivity index (χ0n) is 14.0. The van der Waals surface area contributed by atoms with E-state index in [0.717, 1.165) is 0 Å². The second-order valence-electron chi connectivity index (χ2n) is 5.50. The standard InChI is InChI=1S/C17H16F3N3O3/c1-10-5-12(7-14(6-10)26-17(18,19)20)9-22-16(25)13-3-4-21-15(8-13)23-11(2)24/h3-8H,9H2,1-2H3,(H,22,25)(H,21,23,24). The third-order valence-electron chi connectivity index (χ3n) is 3.12. The summed E-state index contributed by atoms with van der Waals surface area (Å²) in [6.07, 6.45) is -3.42. The number of benzene rings is 1. The molecule has 9 heteroatoms. The lowest BCUT2D eigenvalue weighted by molar-refractivity contribution is -0.274. The van der Waals surface area contributed by atoms with Crippen LogP contribution in [0.25, 0.3) is 0 Å². The van der Waals surface area contributed by atoms with Crippen LogP contribution in [-0.4, -0.2) is 23.2 Å². The minimum atomic E-state index is -4.79. The first kappa shape index (κ1) is 19.2. The van der Waals surface area contributed by atoms with Gasteiger partial charge >= 0.3 is 6.36 Å². The molecule has 2 N–H and O–H groups in total. The fraction of sp³-hybridized carbons (Fsp3) is 0.235. The Hall–Kier alpha value is -3.10. The number of nitrogens with one attached hydrogen (secondary N) is 2. The zero-order valence-corrected chi connectivity index (χ0v) is 14.0. The van der Waals surface area contributed by atoms with E-state index in [4.69, 9.17) is 0 Å². The van der Waals surface area contributed by atoms with Crippen molar-refractivity contribution < 1.29 is 27.5 Å². The van der Waals surface area contributed by atoms with Crippen molar-refractivity contribution in [2.45, 2.75) is 26.8 Å². The quantitative estimate of drug-likeness (QED) is 0.851. The maximum Gasteiger partial charge on any atom is 0.573 e. The maximum atomic E-state index is 12.3. The predicted molar refractivity (Wildman–Crippen MR) is 87.6 cm³/mol. The van der Waals surface area contributed by atoms with Crippen LogP contribution in [0.3, 0.4) is 0 Å². The van der Waals surface area contributed by atoms with Crippen molar-refractivity contribution in [3.8, 4) is 5.75 Å². The summed E-state index contributed by atoms with van der Waals surface area (Å²) < 4.78 is 40.9. The zero-order chi connectivity index (χ0) is 19.3. The molecule has 0 unspecified atom stereocenters. The van der Waals surface area contributed by atoms with Gasteiger partial charge in [0.25, 0.3) is 5.91 Å². The van der Waals surface area contributed by atoms with Crippen molar-refractivity contribution in [3.63, 3.8) is 0 Å². The summed E-state index contributed by atoms with van der Waals surface area (Å²) in [5.41, 5.74) is 1.27. The third-order valence-corrected chi connectivity index (χ3v) is 3.12. The minimum absolute atomic E-state index is 0.00647. The number of amides is 2. The van der Waals surface area contributed by atoms with Crippen molar-refractivity contribution in [2.24, 2.45) is 0 Å². The van der Waals surface area contributed by atoms with Crippen molar-refractivity contribution in [1.29, 1.82) is 0 Å². The molecule has 0 spiro atoms. The summed E-state index contributed by atoms with van der Waals surface area (Å²) in [5, 5.41) is 5.05. The molecule has 0 aliphatic rings. The number of pyridine rings is 1. The van der Waals surface area contributed by atoms with Gasteiger partial charge in [-0.1, -0.05) is 6.07 Å². The first-order chi connectivity index (χ1) is 12.1. The van der Waals surface area contributed by atoms with Crippen molar-refractivity contribution in [3.05, 3.63) is 53.2 Å². The lowest BCUT2D eigenvalue weighted by atomic mass is 10.1. The van der Waals surface area contributed by atoms with Crippen molar-refractivity contribution in [1.82, 2.24) is 10.3 Å². The topological polar surface area (TPSA) is 80.3 Å². The molecule has 0 aliphatic heterocycles. The molecule has 2 rings (SSSR count). The normalized spacial score (nSPS) is 11.0. The van der Waals surface area contributed by atoms with E-state index in [-0.39, 0.29) is 29.6 Å². The molecule has 0 atom stereocenters. The SMILES string of the molecule is CC(=O)Nc1cc(C(=O)NCc2cc(C)cc(OC(F)(F)F)c2)ccn1. The van der Waals surface area contributed by atoms with Gasteiger partial charge in [0.1, 0.15) is 11.6 Å². The van der Waals surface area contributed by atoms with Gasteiger partial charge in [0, 0.05) is 25.2 Å². The van der Waals surface area contributed by atoms with E-state index in [0.29, 0.717) is 11.1 Å². The number of anilines is 1. The number of aromatic nitrogens is 1. The van der Waals surface area contributed by atoms with E-state index in [2.05, 4.69) is 20.4 Å². The Morgan fingerprint density at radius 2 is 1.92 bits per heavy atom. The van der Waals surface area contributed by atoms with Crippen LogP contribution >= 0.6 is 0 Å². The summed E-state index contributed by atoms with van der Waals surface area (Å²) in [6, 6.07) is 6.94. The highest BCUT2D eigenvalue weighted by Crippen LogP contribution is 2.25. The summed E-state index contributed by atoms with van der Waals surface area (Å²) in [4.78, 5) is 27.1. The first-order valence-electron chi connectivity index (χ1n) is 7.50. The van der Waals surface area contributed by atoms with Gasteiger partial charge < -0.3 is 15.4 Å². The predicted octanol–water partition coefficient (Wildman–Crippen LogP) is 3.18. The summed E-state index contributed by atoms with van der Waals surface area (Å²) in [6.45, 7) is 2.94. The van der Waals surface area contributed by atoms with Crippen LogP contribution in [0.4, 0.5) is 19.0 Å². The molecular weight excluding hydrogens is 351 g/mol. The number of carbonyl (C=O) groups is 2. The highest BCUT2D eigenvalue weighted by atomic mass is 19.4. The molecule has 1 aromatic carbocycles. The highest BCUT2D eigenvalue weighted by molar-refractivity contribution is 5.96. The second-order valence-corrected chi connectivity index (χ2v) is 5.50. The molecule has 26 heavy (non-hydrogen) atoms. The van der Waals surface area contributed by atoms with Crippen molar-refractivity contribution >= 4 is 17.6 Å². The smallest absolute Gasteiger partial charge is 0.406 e. The molecular formula is C17H16F3N3O3. The molecule has 0 radical (unpaired) electrons. The molecule has 0 aliphatic carbocycles. The number of ether oxygens (including phenoxy) is 1. The van der Waals surface area contributed by atoms with E-state index in [1.165, 1.54) is 37.4 Å². The van der Waals surface area contributed by atoms with Gasteiger partial charge in [-0.15, -0.1) is 13.2 Å². The number of alkyl halides is 3. The van der Waals surface area contributed by atoms with Crippen LogP contribution in [0.15, 0.2) is 36.5 Å². The van der Waals surface area contributed by atoms with Crippen molar-refractivity contribution in [2.75, 3.05) is 5.32 Å². The molecule has 138 valence electrons. The monoisotopic (exact) mass is 367 g/mol. The molecule has 0 fully saturated rings. The summed E-state index contributed by atoms with van der Waals surface area (Å²) >= 11 is 0. The number of hydrogen-bond acceptors (Lipinski definition) is 4. The number of nitrogens with zero attached hydrogens (tertiary/aromatic N) is 1. The number of halogens is 3. The fourth-order valence-corrected chi connectivity index (χ4v) is 2.22. The van der Waals surface area contributed by atoms with Crippen LogP contribution in [0.1, 0.15) is 28.4 Å². The van der Waals surface area contributed by atoms with Gasteiger partial charge in [0.2, 0.25) is 5.91 Å². The van der Waals surface area contributed by atoms with Crippen LogP contribution in [0.5, 0.6) is 5.75 Å².